The second-order valence-corrected chi connectivity index (χ2v) is 6.38. The quantitative estimate of drug-likeness (QED) is 0.782. The van der Waals surface area contributed by atoms with Crippen molar-refractivity contribution in [3.63, 3.8) is 0 Å². The smallest absolute Gasteiger partial charge is 0.151 e. The summed E-state index contributed by atoms with van der Waals surface area (Å²) in [5, 5.41) is 10.8. The van der Waals surface area contributed by atoms with Crippen LogP contribution in [0, 0.1) is 6.92 Å². The second kappa shape index (κ2) is 6.46. The van der Waals surface area contributed by atoms with Crippen molar-refractivity contribution in [1.29, 1.82) is 0 Å². The first-order valence-electron chi connectivity index (χ1n) is 8.52. The second-order valence-electron chi connectivity index (χ2n) is 6.38. The summed E-state index contributed by atoms with van der Waals surface area (Å²) in [7, 11) is 3.24. The molecule has 6 heteroatoms. The van der Waals surface area contributed by atoms with Crippen molar-refractivity contribution in [3.05, 3.63) is 53.2 Å². The van der Waals surface area contributed by atoms with Gasteiger partial charge in [0.05, 0.1) is 37.5 Å². The zero-order valence-corrected chi connectivity index (χ0v) is 15.1. The maximum atomic E-state index is 10.8. The maximum Gasteiger partial charge on any atom is 0.151 e. The molecule has 26 heavy (non-hydrogen) atoms. The summed E-state index contributed by atoms with van der Waals surface area (Å²) >= 11 is 0. The molecule has 1 aliphatic rings. The van der Waals surface area contributed by atoms with Gasteiger partial charge in [0.15, 0.2) is 5.82 Å². The number of hydrogen-bond donors (Lipinski definition) is 1. The highest BCUT2D eigenvalue weighted by atomic mass is 16.5. The van der Waals surface area contributed by atoms with Crippen LogP contribution in [-0.4, -0.2) is 35.8 Å². The average molecular weight is 351 g/mol. The Hall–Kier alpha value is -2.86. The number of aryl methyl sites for hydroxylation is 1. The molecule has 6 nitrogen and oxygen atoms in total. The predicted octanol–water partition coefficient (Wildman–Crippen LogP) is 3.01. The van der Waals surface area contributed by atoms with Gasteiger partial charge in [-0.15, -0.1) is 0 Å². The Morgan fingerprint density at radius 1 is 1.00 bits per heavy atom. The lowest BCUT2D eigenvalue weighted by Gasteiger charge is -2.35. The maximum absolute atomic E-state index is 10.8. The highest BCUT2D eigenvalue weighted by molar-refractivity contribution is 5.76. The number of hydrogen-bond acceptors (Lipinski definition) is 6. The molecule has 0 saturated carbocycles. The molecule has 0 amide bonds. The molecule has 1 aliphatic heterocycles. The van der Waals surface area contributed by atoms with Crippen LogP contribution in [0.25, 0.3) is 11.0 Å². The van der Waals surface area contributed by atoms with E-state index in [1.54, 1.807) is 14.2 Å². The Balaban J connectivity index is 1.81. The van der Waals surface area contributed by atoms with E-state index in [4.69, 9.17) is 14.5 Å². The summed E-state index contributed by atoms with van der Waals surface area (Å²) in [5.41, 5.74) is 4.24. The lowest BCUT2D eigenvalue weighted by molar-refractivity contribution is 0.169. The van der Waals surface area contributed by atoms with Crippen molar-refractivity contribution < 1.29 is 14.6 Å². The van der Waals surface area contributed by atoms with Crippen molar-refractivity contribution in [2.24, 2.45) is 0 Å². The Morgan fingerprint density at radius 2 is 1.65 bits per heavy atom. The first-order valence-corrected chi connectivity index (χ1v) is 8.52. The van der Waals surface area contributed by atoms with Crippen LogP contribution in [0.4, 0.5) is 5.82 Å². The molecule has 4 rings (SSSR count). The minimum Gasteiger partial charge on any atom is -0.496 e. The Kier molecular flexibility index (Phi) is 4.12. The fourth-order valence-corrected chi connectivity index (χ4v) is 3.62. The Labute approximate surface area is 152 Å². The van der Waals surface area contributed by atoms with Gasteiger partial charge in [0.2, 0.25) is 0 Å². The van der Waals surface area contributed by atoms with E-state index in [0.29, 0.717) is 18.8 Å². The summed E-state index contributed by atoms with van der Waals surface area (Å²) < 4.78 is 11.0. The molecule has 0 fully saturated rings. The number of fused-ring (bicyclic) bond motifs is 2. The third-order valence-corrected chi connectivity index (χ3v) is 4.81. The highest BCUT2D eigenvalue weighted by Crippen LogP contribution is 2.40. The fraction of sp³-hybridized carbons (Fsp3) is 0.300. The van der Waals surface area contributed by atoms with Crippen molar-refractivity contribution >= 4 is 16.9 Å². The zero-order valence-electron chi connectivity index (χ0n) is 15.1. The number of ether oxygens (including phenoxy) is 2. The summed E-state index contributed by atoms with van der Waals surface area (Å²) in [6.07, 6.45) is -0.698. The number of rotatable bonds is 3. The molecule has 3 aromatic rings. The molecule has 2 aromatic carbocycles. The molecule has 0 saturated heterocycles. The minimum absolute atomic E-state index is 0.421. The Bertz CT molecular complexity index is 974. The predicted molar refractivity (Wildman–Crippen MR) is 99.8 cm³/mol. The van der Waals surface area contributed by atoms with E-state index in [1.807, 2.05) is 48.2 Å². The van der Waals surface area contributed by atoms with Crippen molar-refractivity contribution in [1.82, 2.24) is 9.97 Å². The van der Waals surface area contributed by atoms with E-state index >= 15 is 0 Å². The first kappa shape index (κ1) is 16.6. The van der Waals surface area contributed by atoms with Gasteiger partial charge in [-0.2, -0.15) is 0 Å². The monoisotopic (exact) mass is 351 g/mol. The number of para-hydroxylation sites is 2. The van der Waals surface area contributed by atoms with E-state index in [-0.39, 0.29) is 0 Å². The molecule has 0 radical (unpaired) electrons. The van der Waals surface area contributed by atoms with Gasteiger partial charge in [-0.25, -0.2) is 9.97 Å². The summed E-state index contributed by atoms with van der Waals surface area (Å²) in [6.45, 7) is 2.94. The standard InChI is InChI=1S/C20H21N3O3/c1-12-20(22-15-7-5-4-6-14(15)21-12)23-10-13-17(25-2)8-9-18(26-3)19(13)16(24)11-23/h4-9,16,24H,10-11H2,1-3H3/t16-/m1/s1. The molecule has 0 spiro atoms. The molecule has 0 aliphatic carbocycles. The normalized spacial score (nSPS) is 16.5. The van der Waals surface area contributed by atoms with Gasteiger partial charge in [0.25, 0.3) is 0 Å². The molecular weight excluding hydrogens is 330 g/mol. The topological polar surface area (TPSA) is 67.7 Å². The van der Waals surface area contributed by atoms with Crippen LogP contribution < -0.4 is 14.4 Å². The molecule has 0 bridgehead atoms. The molecular formula is C20H21N3O3. The molecule has 1 N–H and O–H groups in total. The number of aromatic nitrogens is 2. The third kappa shape index (κ3) is 2.63. The van der Waals surface area contributed by atoms with Crippen LogP contribution in [0.5, 0.6) is 11.5 Å². The largest absolute Gasteiger partial charge is 0.496 e. The number of anilines is 1. The van der Waals surface area contributed by atoms with E-state index in [9.17, 15) is 5.11 Å². The van der Waals surface area contributed by atoms with Gasteiger partial charge in [0, 0.05) is 17.7 Å². The average Bonchev–Trinajstić information content (AvgIpc) is 2.66. The van der Waals surface area contributed by atoms with Crippen molar-refractivity contribution in [2.45, 2.75) is 19.6 Å². The van der Waals surface area contributed by atoms with E-state index in [1.165, 1.54) is 0 Å². The Morgan fingerprint density at radius 3 is 2.35 bits per heavy atom. The van der Waals surface area contributed by atoms with Gasteiger partial charge in [-0.1, -0.05) is 12.1 Å². The van der Waals surface area contributed by atoms with Crippen LogP contribution >= 0.6 is 0 Å². The number of aliphatic hydroxyl groups is 1. The van der Waals surface area contributed by atoms with Gasteiger partial charge >= 0.3 is 0 Å². The lowest BCUT2D eigenvalue weighted by atomic mass is 9.95. The van der Waals surface area contributed by atoms with Gasteiger partial charge in [0.1, 0.15) is 17.6 Å². The van der Waals surface area contributed by atoms with Crippen LogP contribution in [0.2, 0.25) is 0 Å². The molecule has 0 unspecified atom stereocenters. The van der Waals surface area contributed by atoms with E-state index in [2.05, 4.69) is 4.98 Å². The van der Waals surface area contributed by atoms with Crippen LogP contribution in [-0.2, 0) is 6.54 Å². The number of aliphatic hydroxyl groups excluding tert-OH is 1. The van der Waals surface area contributed by atoms with Crippen LogP contribution in [0.1, 0.15) is 22.9 Å². The number of benzene rings is 2. The number of methoxy groups -OCH3 is 2. The van der Waals surface area contributed by atoms with Crippen molar-refractivity contribution in [2.75, 3.05) is 25.7 Å². The molecule has 134 valence electrons. The van der Waals surface area contributed by atoms with Crippen LogP contribution in [0.15, 0.2) is 36.4 Å². The highest BCUT2D eigenvalue weighted by Gasteiger charge is 2.31. The summed E-state index contributed by atoms with van der Waals surface area (Å²) in [5.74, 6) is 2.18. The first-order chi connectivity index (χ1) is 12.6. The lowest BCUT2D eigenvalue weighted by Crippen LogP contribution is -2.35. The number of nitrogens with zero attached hydrogens (tertiary/aromatic N) is 3. The van der Waals surface area contributed by atoms with Crippen molar-refractivity contribution in [3.8, 4) is 11.5 Å². The van der Waals surface area contributed by atoms with E-state index < -0.39 is 6.10 Å². The van der Waals surface area contributed by atoms with Crippen LogP contribution in [0.3, 0.4) is 0 Å². The molecule has 1 aromatic heterocycles. The fourth-order valence-electron chi connectivity index (χ4n) is 3.62. The molecule has 1 atom stereocenters. The SMILES string of the molecule is COc1ccc(OC)c2c1CN(c1nc3ccccc3nc1C)C[C@H]2O. The van der Waals surface area contributed by atoms with Gasteiger partial charge in [-0.3, -0.25) is 0 Å². The zero-order chi connectivity index (χ0) is 18.3. The summed E-state index contributed by atoms with van der Waals surface area (Å²) in [4.78, 5) is 11.5. The minimum atomic E-state index is -0.698. The summed E-state index contributed by atoms with van der Waals surface area (Å²) in [6, 6.07) is 11.5. The molecule has 2 heterocycles. The number of β-amino-alcohol motifs (C(OH)–C–C–N with tert-alkyl or cyclic N) is 1. The van der Waals surface area contributed by atoms with Gasteiger partial charge in [-0.05, 0) is 31.2 Å². The van der Waals surface area contributed by atoms with E-state index in [0.717, 1.165) is 39.4 Å². The van der Waals surface area contributed by atoms with Gasteiger partial charge < -0.3 is 19.5 Å². The third-order valence-electron chi connectivity index (χ3n) is 4.81.